The fraction of sp³-hybridized carbons (Fsp3) is 0.128. The van der Waals surface area contributed by atoms with Gasteiger partial charge in [0, 0.05) is 11.1 Å². The third-order valence-electron chi connectivity index (χ3n) is 7.44. The van der Waals surface area contributed by atoms with Crippen molar-refractivity contribution in [2.75, 3.05) is 13.0 Å². The smallest absolute Gasteiger partial charge is 0.210 e. The molecule has 2 nitrogen and oxygen atoms in total. The minimum absolute atomic E-state index is 0. The maximum absolute atomic E-state index is 7.03. The molecule has 0 aromatic heterocycles. The van der Waals surface area contributed by atoms with Crippen molar-refractivity contribution in [2.45, 2.75) is 19.8 Å². The van der Waals surface area contributed by atoms with Crippen LogP contribution in [0.4, 0.5) is 0 Å². The van der Waals surface area contributed by atoms with Crippen molar-refractivity contribution in [1.29, 1.82) is 0 Å². The van der Waals surface area contributed by atoms with E-state index in [9.17, 15) is 0 Å². The lowest BCUT2D eigenvalue weighted by Gasteiger charge is -2.28. The van der Waals surface area contributed by atoms with Gasteiger partial charge in [0.15, 0.2) is 7.26 Å². The van der Waals surface area contributed by atoms with E-state index in [1.165, 1.54) is 27.0 Å². The van der Waals surface area contributed by atoms with Crippen molar-refractivity contribution in [3.63, 3.8) is 0 Å². The molecule has 0 bridgehead atoms. The summed E-state index contributed by atoms with van der Waals surface area (Å²) in [5.74, 6) is 1.69. The van der Waals surface area contributed by atoms with Crippen molar-refractivity contribution in [3.8, 4) is 22.6 Å². The summed E-state index contributed by atoms with van der Waals surface area (Å²) in [5, 5.41) is 3.86. The van der Waals surface area contributed by atoms with Crippen LogP contribution in [-0.4, -0.2) is 13.0 Å². The highest BCUT2D eigenvalue weighted by atomic mass is 79.9. The van der Waals surface area contributed by atoms with Gasteiger partial charge in [-0.3, -0.25) is 0 Å². The fourth-order valence-electron chi connectivity index (χ4n) is 5.45. The maximum atomic E-state index is 7.03. The fourth-order valence-corrected chi connectivity index (χ4v) is 9.17. The molecule has 0 unspecified atom stereocenters. The van der Waals surface area contributed by atoms with Crippen molar-refractivity contribution in [3.05, 3.63) is 164 Å². The molecule has 0 aliphatic rings. The molecule has 0 heterocycles. The Morgan fingerprint density at radius 2 is 0.932 bits per heavy atom. The number of benzene rings is 5. The Bertz CT molecular complexity index is 1530. The van der Waals surface area contributed by atoms with Crippen LogP contribution in [-0.2, 0) is 12.8 Å². The van der Waals surface area contributed by atoms with Crippen molar-refractivity contribution < 1.29 is 43.4 Å². The van der Waals surface area contributed by atoms with Crippen LogP contribution in [0, 0.1) is 0 Å². The molecule has 0 atom stereocenters. The van der Waals surface area contributed by atoms with Gasteiger partial charge in [-0.15, -0.1) is 13.2 Å². The van der Waals surface area contributed by atoms with Crippen LogP contribution in [0.25, 0.3) is 11.1 Å². The first kappa shape index (κ1) is 35.1. The highest BCUT2D eigenvalue weighted by Crippen LogP contribution is 2.55. The molecule has 0 aliphatic carbocycles. The predicted molar refractivity (Wildman–Crippen MR) is 181 cm³/mol. The summed E-state index contributed by atoms with van der Waals surface area (Å²) in [4.78, 5) is 0. The quantitative estimate of drug-likeness (QED) is 0.137. The van der Waals surface area contributed by atoms with Crippen molar-refractivity contribution in [2.24, 2.45) is 0 Å². The van der Waals surface area contributed by atoms with Gasteiger partial charge in [-0.2, -0.15) is 0 Å². The van der Waals surface area contributed by atoms with E-state index in [-0.39, 0.29) is 34.0 Å². The maximum Gasteiger partial charge on any atom is 0.210 e. The normalized spacial score (nSPS) is 10.6. The minimum Gasteiger partial charge on any atom is -1.00 e. The third kappa shape index (κ3) is 7.80. The highest BCUT2D eigenvalue weighted by molar-refractivity contribution is 7.95. The highest BCUT2D eigenvalue weighted by Gasteiger charge is 2.46. The molecule has 0 aliphatic heterocycles. The van der Waals surface area contributed by atoms with Crippen molar-refractivity contribution >= 4 is 23.2 Å². The minimum atomic E-state index is -2.18. The Kier molecular flexibility index (Phi) is 13.7. The Morgan fingerprint density at radius 3 is 1.30 bits per heavy atom. The van der Waals surface area contributed by atoms with Crippen LogP contribution in [0.1, 0.15) is 18.1 Å². The third-order valence-corrected chi connectivity index (χ3v) is 11.5. The number of hydrogen-bond donors (Lipinski definition) is 0. The standard InChI is InChI=1S/C39H38O2P.2BrH/c1-4-16-31-24-26-38(40-6-3)36(28-31)37-29-32(17-5-2)25-27-39(37)41-30-42(33-18-10-7-11-19-33,34-20-12-8-13-21-34)35-22-14-9-15-23-35;;/h4-5,7-15,18-29H,1-2,6,16-17,30H2,3H3;2*1H/q+1;;/p-2. The van der Waals surface area contributed by atoms with E-state index in [2.05, 4.69) is 141 Å². The molecule has 5 aromatic carbocycles. The average molecular weight is 730 g/mol. The van der Waals surface area contributed by atoms with Gasteiger partial charge in [0.1, 0.15) is 27.4 Å². The molecule has 5 rings (SSSR count). The summed E-state index contributed by atoms with van der Waals surface area (Å²) in [5.41, 5.74) is 4.42. The lowest BCUT2D eigenvalue weighted by atomic mass is 9.97. The molecule has 0 amide bonds. The number of rotatable bonds is 13. The monoisotopic (exact) mass is 727 g/mol. The molecule has 226 valence electrons. The summed E-state index contributed by atoms with van der Waals surface area (Å²) in [6.07, 6.45) is 5.96. The summed E-state index contributed by atoms with van der Waals surface area (Å²) < 4.78 is 13.2. The average Bonchev–Trinajstić information content (AvgIpc) is 3.04. The van der Waals surface area contributed by atoms with E-state index in [1.807, 2.05) is 19.1 Å². The zero-order valence-corrected chi connectivity index (χ0v) is 29.1. The first-order valence-electron chi connectivity index (χ1n) is 14.5. The number of halogens is 2. The largest absolute Gasteiger partial charge is 1.00 e. The Morgan fingerprint density at radius 1 is 0.545 bits per heavy atom. The SMILES string of the molecule is C=CCc1ccc(OCC)c(-c2cc(CC=C)ccc2OC[P+](c2ccccc2)(c2ccccc2)c2ccccc2)c1.[Br-].[Br-]. The summed E-state index contributed by atoms with van der Waals surface area (Å²) >= 11 is 0. The molecule has 5 heteroatoms. The molecule has 0 radical (unpaired) electrons. The molecule has 44 heavy (non-hydrogen) atoms. The van der Waals surface area contributed by atoms with Crippen molar-refractivity contribution in [1.82, 2.24) is 0 Å². The van der Waals surface area contributed by atoms with E-state index < -0.39 is 7.26 Å². The van der Waals surface area contributed by atoms with Gasteiger partial charge in [0.05, 0.1) is 6.61 Å². The molecule has 0 saturated heterocycles. The number of hydrogen-bond acceptors (Lipinski definition) is 2. The molecule has 0 spiro atoms. The van der Waals surface area contributed by atoms with E-state index in [1.54, 1.807) is 0 Å². The van der Waals surface area contributed by atoms with Crippen LogP contribution in [0.15, 0.2) is 153 Å². The molecule has 0 saturated carbocycles. The second-order valence-electron chi connectivity index (χ2n) is 10.2. The van der Waals surface area contributed by atoms with E-state index in [0.717, 1.165) is 35.5 Å². The molecular formula is C39H38Br2O2P-. The zero-order chi connectivity index (χ0) is 29.2. The van der Waals surface area contributed by atoms with E-state index in [4.69, 9.17) is 9.47 Å². The number of ether oxygens (including phenoxy) is 2. The summed E-state index contributed by atoms with van der Waals surface area (Å²) in [6, 6.07) is 45.4. The predicted octanol–water partition coefficient (Wildman–Crippen LogP) is 2.55. The van der Waals surface area contributed by atoms with Crippen LogP contribution < -0.4 is 59.4 Å². The van der Waals surface area contributed by atoms with Crippen LogP contribution in [0.5, 0.6) is 11.5 Å². The lowest BCUT2D eigenvalue weighted by Crippen LogP contribution is -3.00. The molecule has 0 N–H and O–H groups in total. The van der Waals surface area contributed by atoms with Gasteiger partial charge < -0.3 is 43.4 Å². The van der Waals surface area contributed by atoms with E-state index >= 15 is 0 Å². The van der Waals surface area contributed by atoms with Gasteiger partial charge in [0.2, 0.25) is 6.35 Å². The van der Waals surface area contributed by atoms with E-state index in [0.29, 0.717) is 13.0 Å². The lowest BCUT2D eigenvalue weighted by molar-refractivity contribution is -0.001000. The zero-order valence-electron chi connectivity index (χ0n) is 25.0. The Hall–Kier alpha value is -3.43. The van der Waals surface area contributed by atoms with Crippen LogP contribution in [0.2, 0.25) is 0 Å². The second-order valence-corrected chi connectivity index (χ2v) is 13.6. The van der Waals surface area contributed by atoms with Gasteiger partial charge in [-0.1, -0.05) is 78.9 Å². The van der Waals surface area contributed by atoms with Crippen LogP contribution in [0.3, 0.4) is 0 Å². The first-order valence-corrected chi connectivity index (χ1v) is 16.5. The summed E-state index contributed by atoms with van der Waals surface area (Å²) in [6.45, 7) is 10.5. The van der Waals surface area contributed by atoms with Gasteiger partial charge >= 0.3 is 0 Å². The van der Waals surface area contributed by atoms with Gasteiger partial charge in [-0.05, 0) is 91.6 Å². The Balaban J connectivity index is 0.00000264. The second kappa shape index (κ2) is 17.2. The first-order chi connectivity index (χ1) is 20.7. The molecule has 5 aromatic rings. The van der Waals surface area contributed by atoms with Gasteiger partial charge in [-0.25, -0.2) is 0 Å². The Labute approximate surface area is 284 Å². The van der Waals surface area contributed by atoms with Gasteiger partial charge in [0.25, 0.3) is 0 Å². The molecule has 0 fully saturated rings. The summed E-state index contributed by atoms with van der Waals surface area (Å²) in [7, 11) is -2.18. The number of allylic oxidation sites excluding steroid dienone is 2. The van der Waals surface area contributed by atoms with Crippen LogP contribution >= 0.6 is 7.26 Å². The molecular weight excluding hydrogens is 691 g/mol. The topological polar surface area (TPSA) is 18.5 Å².